The number of amides is 1. The van der Waals surface area contributed by atoms with E-state index < -0.39 is 22.0 Å². The van der Waals surface area contributed by atoms with Gasteiger partial charge >= 0.3 is 0 Å². The quantitative estimate of drug-likeness (QED) is 0.647. The SMILES string of the molecule is Cc1ccc(S(=O)(=O)N2C[C@H](C(=O)NCc3ccco3)Oc3ccc(Cl)cc32)cc1. The molecule has 1 aliphatic rings. The third-order valence-corrected chi connectivity index (χ3v) is 6.74. The molecule has 7 nitrogen and oxygen atoms in total. The van der Waals surface area contributed by atoms with Crippen LogP contribution in [0, 0.1) is 6.92 Å². The Morgan fingerprint density at radius 2 is 1.97 bits per heavy atom. The lowest BCUT2D eigenvalue weighted by atomic mass is 10.2. The number of furan rings is 1. The molecule has 2 heterocycles. The van der Waals surface area contributed by atoms with Gasteiger partial charge in [-0.25, -0.2) is 8.42 Å². The van der Waals surface area contributed by atoms with Crippen molar-refractivity contribution in [3.63, 3.8) is 0 Å². The van der Waals surface area contributed by atoms with Crippen LogP contribution in [0.15, 0.2) is 70.2 Å². The number of nitrogens with one attached hydrogen (secondary N) is 1. The van der Waals surface area contributed by atoms with Gasteiger partial charge in [0.05, 0.1) is 29.9 Å². The van der Waals surface area contributed by atoms with E-state index in [2.05, 4.69) is 5.32 Å². The number of carbonyl (C=O) groups excluding carboxylic acids is 1. The van der Waals surface area contributed by atoms with Crippen molar-refractivity contribution >= 4 is 33.2 Å². The third kappa shape index (κ3) is 4.01. The molecule has 0 spiro atoms. The van der Waals surface area contributed by atoms with E-state index in [-0.39, 0.29) is 29.4 Å². The number of ether oxygens (including phenoxy) is 1. The Labute approximate surface area is 179 Å². The molecule has 1 aromatic heterocycles. The molecule has 0 radical (unpaired) electrons. The Balaban J connectivity index is 1.65. The van der Waals surface area contributed by atoms with Gasteiger partial charge in [0.15, 0.2) is 6.10 Å². The molecule has 9 heteroatoms. The minimum Gasteiger partial charge on any atom is -0.476 e. The van der Waals surface area contributed by atoms with Gasteiger partial charge in [0.25, 0.3) is 15.9 Å². The number of rotatable bonds is 5. The van der Waals surface area contributed by atoms with Crippen molar-refractivity contribution in [3.05, 3.63) is 77.2 Å². The number of fused-ring (bicyclic) bond motifs is 1. The van der Waals surface area contributed by atoms with Crippen LogP contribution >= 0.6 is 11.6 Å². The number of hydrogen-bond donors (Lipinski definition) is 1. The largest absolute Gasteiger partial charge is 0.476 e. The summed E-state index contributed by atoms with van der Waals surface area (Å²) in [7, 11) is -3.94. The lowest BCUT2D eigenvalue weighted by molar-refractivity contribution is -0.128. The van der Waals surface area contributed by atoms with Crippen molar-refractivity contribution < 1.29 is 22.4 Å². The minimum atomic E-state index is -3.94. The maximum absolute atomic E-state index is 13.4. The molecule has 3 aromatic rings. The molecule has 4 rings (SSSR count). The fraction of sp³-hybridized carbons (Fsp3) is 0.190. The molecule has 0 unspecified atom stereocenters. The van der Waals surface area contributed by atoms with Gasteiger partial charge in [-0.2, -0.15) is 0 Å². The molecule has 0 aliphatic carbocycles. The number of hydrogen-bond acceptors (Lipinski definition) is 5. The smallest absolute Gasteiger partial charge is 0.264 e. The summed E-state index contributed by atoms with van der Waals surface area (Å²) in [6.07, 6.45) is 0.475. The molecule has 0 saturated carbocycles. The first-order valence-corrected chi connectivity index (χ1v) is 11.0. The molecule has 1 aliphatic heterocycles. The fourth-order valence-corrected chi connectivity index (χ4v) is 4.76. The Bertz CT molecular complexity index is 1160. The van der Waals surface area contributed by atoms with E-state index >= 15 is 0 Å². The summed E-state index contributed by atoms with van der Waals surface area (Å²) < 4.78 is 38.9. The minimum absolute atomic E-state index is 0.121. The van der Waals surface area contributed by atoms with E-state index in [1.54, 1.807) is 36.4 Å². The lowest BCUT2D eigenvalue weighted by Gasteiger charge is -2.34. The lowest BCUT2D eigenvalue weighted by Crippen LogP contribution is -2.50. The monoisotopic (exact) mass is 446 g/mol. The number of aryl methyl sites for hydroxylation is 1. The Morgan fingerprint density at radius 3 is 2.67 bits per heavy atom. The average Bonchev–Trinajstić information content (AvgIpc) is 3.25. The number of anilines is 1. The Hall–Kier alpha value is -2.97. The van der Waals surface area contributed by atoms with Crippen molar-refractivity contribution in [1.82, 2.24) is 5.32 Å². The van der Waals surface area contributed by atoms with Crippen LogP contribution in [0.3, 0.4) is 0 Å². The van der Waals surface area contributed by atoms with Gasteiger partial charge in [-0.1, -0.05) is 29.3 Å². The van der Waals surface area contributed by atoms with Crippen LogP contribution in [0.25, 0.3) is 0 Å². The van der Waals surface area contributed by atoms with Gasteiger partial charge in [0.2, 0.25) is 0 Å². The zero-order chi connectivity index (χ0) is 21.3. The van der Waals surface area contributed by atoms with Gasteiger partial charge in [0, 0.05) is 5.02 Å². The van der Waals surface area contributed by atoms with E-state index in [1.165, 1.54) is 28.8 Å². The molecular formula is C21H19ClN2O5S. The van der Waals surface area contributed by atoms with Crippen LogP contribution in [0.5, 0.6) is 5.75 Å². The second kappa shape index (κ2) is 8.04. The highest BCUT2D eigenvalue weighted by molar-refractivity contribution is 7.92. The van der Waals surface area contributed by atoms with Crippen molar-refractivity contribution in [1.29, 1.82) is 0 Å². The van der Waals surface area contributed by atoms with Crippen LogP contribution < -0.4 is 14.4 Å². The molecule has 1 N–H and O–H groups in total. The predicted molar refractivity (Wildman–Crippen MR) is 112 cm³/mol. The number of halogens is 1. The zero-order valence-electron chi connectivity index (χ0n) is 16.0. The second-order valence-electron chi connectivity index (χ2n) is 6.86. The number of benzene rings is 2. The first kappa shape index (κ1) is 20.3. The van der Waals surface area contributed by atoms with Crippen LogP contribution in [-0.2, 0) is 21.4 Å². The molecule has 2 aromatic carbocycles. The molecular weight excluding hydrogens is 428 g/mol. The maximum atomic E-state index is 13.4. The van der Waals surface area contributed by atoms with E-state index in [9.17, 15) is 13.2 Å². The maximum Gasteiger partial charge on any atom is 0.264 e. The van der Waals surface area contributed by atoms with E-state index in [0.717, 1.165) is 5.56 Å². The Morgan fingerprint density at radius 1 is 1.20 bits per heavy atom. The normalized spacial score (nSPS) is 15.9. The molecule has 156 valence electrons. The van der Waals surface area contributed by atoms with Crippen LogP contribution in [0.4, 0.5) is 5.69 Å². The van der Waals surface area contributed by atoms with E-state index in [1.807, 2.05) is 6.92 Å². The van der Waals surface area contributed by atoms with Gasteiger partial charge in [-0.05, 0) is 49.4 Å². The first-order valence-electron chi connectivity index (χ1n) is 9.20. The first-order chi connectivity index (χ1) is 14.3. The summed E-state index contributed by atoms with van der Waals surface area (Å²) >= 11 is 6.10. The van der Waals surface area contributed by atoms with Crippen molar-refractivity contribution in [3.8, 4) is 5.75 Å². The molecule has 30 heavy (non-hydrogen) atoms. The molecule has 0 bridgehead atoms. The summed E-state index contributed by atoms with van der Waals surface area (Å²) in [6, 6.07) is 14.6. The van der Waals surface area contributed by atoms with Crippen LogP contribution in [0.1, 0.15) is 11.3 Å². The molecule has 0 saturated heterocycles. The van der Waals surface area contributed by atoms with Gasteiger partial charge in [-0.3, -0.25) is 9.10 Å². The summed E-state index contributed by atoms with van der Waals surface area (Å²) in [6.45, 7) is 1.86. The van der Waals surface area contributed by atoms with Gasteiger partial charge < -0.3 is 14.5 Å². The van der Waals surface area contributed by atoms with Crippen molar-refractivity contribution in [2.75, 3.05) is 10.8 Å². The predicted octanol–water partition coefficient (Wildman–Crippen LogP) is 3.51. The van der Waals surface area contributed by atoms with E-state index in [0.29, 0.717) is 10.8 Å². The Kier molecular flexibility index (Phi) is 5.44. The molecule has 1 amide bonds. The standard InChI is InChI=1S/C21H19ClN2O5S/c1-14-4-7-17(8-5-14)30(26,27)24-13-20(21(25)23-12-16-3-2-10-28-16)29-19-9-6-15(22)11-18(19)24/h2-11,20H,12-13H2,1H3,(H,23,25)/t20-/m1/s1. The average molecular weight is 447 g/mol. The summed E-state index contributed by atoms with van der Waals surface area (Å²) in [4.78, 5) is 12.8. The van der Waals surface area contributed by atoms with Gasteiger partial charge in [0.1, 0.15) is 11.5 Å². The summed E-state index contributed by atoms with van der Waals surface area (Å²) in [5.74, 6) is 0.395. The third-order valence-electron chi connectivity index (χ3n) is 4.71. The van der Waals surface area contributed by atoms with Crippen LogP contribution in [-0.4, -0.2) is 27.0 Å². The molecule has 0 fully saturated rings. The number of nitrogens with zero attached hydrogens (tertiary/aromatic N) is 1. The van der Waals surface area contributed by atoms with Crippen molar-refractivity contribution in [2.24, 2.45) is 0 Å². The van der Waals surface area contributed by atoms with Gasteiger partial charge in [-0.15, -0.1) is 0 Å². The summed E-state index contributed by atoms with van der Waals surface area (Å²) in [5, 5.41) is 3.07. The van der Waals surface area contributed by atoms with Crippen LogP contribution in [0.2, 0.25) is 5.02 Å². The molecule has 1 atom stereocenters. The number of sulfonamides is 1. The highest BCUT2D eigenvalue weighted by atomic mass is 35.5. The zero-order valence-corrected chi connectivity index (χ0v) is 17.6. The summed E-state index contributed by atoms with van der Waals surface area (Å²) in [5.41, 5.74) is 1.23. The fourth-order valence-electron chi connectivity index (χ4n) is 3.13. The topological polar surface area (TPSA) is 88.9 Å². The van der Waals surface area contributed by atoms with E-state index in [4.69, 9.17) is 20.8 Å². The van der Waals surface area contributed by atoms with Crippen molar-refractivity contribution in [2.45, 2.75) is 24.5 Å². The highest BCUT2D eigenvalue weighted by Gasteiger charge is 2.37. The second-order valence-corrected chi connectivity index (χ2v) is 9.16. The number of carbonyl (C=O) groups is 1. The highest BCUT2D eigenvalue weighted by Crippen LogP contribution is 2.38.